The molecule has 0 saturated carbocycles. The maximum Gasteiger partial charge on any atom is 0.362 e. The lowest BCUT2D eigenvalue weighted by atomic mass is 10.1. The lowest BCUT2D eigenvalue weighted by Gasteiger charge is -2.31. The molecule has 0 aliphatic rings. The molecule has 0 aliphatic heterocycles. The highest BCUT2D eigenvalue weighted by atomic mass is 16.6. The second-order valence-electron chi connectivity index (χ2n) is 16.0. The molecule has 8 heteroatoms. The first-order chi connectivity index (χ1) is 27.1. The highest BCUT2D eigenvalue weighted by Crippen LogP contribution is 2.14. The smallest absolute Gasteiger partial charge is 0.362 e. The van der Waals surface area contributed by atoms with Crippen molar-refractivity contribution >= 4 is 17.9 Å². The topological polar surface area (TPSA) is 99.1 Å². The fourth-order valence-corrected chi connectivity index (χ4v) is 6.27. The zero-order valence-corrected chi connectivity index (χ0v) is 36.6. The number of hydrogen-bond acceptors (Lipinski definition) is 6. The monoisotopic (exact) mass is 787 g/mol. The molecular formula is C48H84NO7+. The van der Waals surface area contributed by atoms with Crippen molar-refractivity contribution in [2.45, 2.75) is 187 Å². The number of carbonyl (C=O) groups is 3. The van der Waals surface area contributed by atoms with Crippen LogP contribution < -0.4 is 0 Å². The Kier molecular flexibility index (Phi) is 36.8. The van der Waals surface area contributed by atoms with Crippen molar-refractivity contribution in [3.05, 3.63) is 60.8 Å². The first kappa shape index (κ1) is 53.0. The third-order valence-corrected chi connectivity index (χ3v) is 9.75. The summed E-state index contributed by atoms with van der Waals surface area (Å²) in [5, 5.41) is 9.62. The molecule has 56 heavy (non-hydrogen) atoms. The van der Waals surface area contributed by atoms with Crippen molar-refractivity contribution in [2.75, 3.05) is 41.0 Å². The number of likely N-dealkylation sites (N-methyl/N-ethyl adjacent to an activating group) is 1. The molecule has 0 aromatic heterocycles. The van der Waals surface area contributed by atoms with Crippen molar-refractivity contribution in [3.63, 3.8) is 0 Å². The molecule has 0 amide bonds. The molecule has 1 N–H and O–H groups in total. The van der Waals surface area contributed by atoms with Gasteiger partial charge in [0.15, 0.2) is 12.1 Å². The van der Waals surface area contributed by atoms with E-state index in [-0.39, 0.29) is 36.2 Å². The molecule has 322 valence electrons. The van der Waals surface area contributed by atoms with Gasteiger partial charge < -0.3 is 23.8 Å². The number of unbranched alkanes of at least 4 members (excludes halogenated alkanes) is 18. The first-order valence-electron chi connectivity index (χ1n) is 22.4. The molecule has 0 bridgehead atoms. The van der Waals surface area contributed by atoms with Gasteiger partial charge in [0.25, 0.3) is 0 Å². The summed E-state index contributed by atoms with van der Waals surface area (Å²) in [5.41, 5.74) is 0. The molecule has 0 aromatic carbocycles. The van der Waals surface area contributed by atoms with Crippen LogP contribution in [0.15, 0.2) is 60.8 Å². The average molecular weight is 787 g/mol. The third-order valence-electron chi connectivity index (χ3n) is 9.75. The SMILES string of the molecule is CC/C=C/C=C/C=C/C=C/CCCCCCCC(=O)OC(COCCC(C(=O)O)[N+](C)(C)C)COC(=O)CCCCCCCCC/C=C/CCCCCCCC. The van der Waals surface area contributed by atoms with Gasteiger partial charge in [-0.2, -0.15) is 0 Å². The summed E-state index contributed by atoms with van der Waals surface area (Å²) in [6, 6.07) is -0.622. The molecule has 2 atom stereocenters. The van der Waals surface area contributed by atoms with Gasteiger partial charge in [-0.3, -0.25) is 9.59 Å². The number of allylic oxidation sites excluding steroid dienone is 10. The van der Waals surface area contributed by atoms with Crippen LogP contribution in [0.1, 0.15) is 174 Å². The van der Waals surface area contributed by atoms with Crippen molar-refractivity contribution in [3.8, 4) is 0 Å². The maximum atomic E-state index is 12.7. The van der Waals surface area contributed by atoms with Gasteiger partial charge in [-0.15, -0.1) is 0 Å². The van der Waals surface area contributed by atoms with Gasteiger partial charge >= 0.3 is 17.9 Å². The average Bonchev–Trinajstić information content (AvgIpc) is 3.15. The van der Waals surface area contributed by atoms with E-state index in [2.05, 4.69) is 50.3 Å². The molecule has 0 saturated heterocycles. The van der Waals surface area contributed by atoms with E-state index in [1.165, 1.54) is 77.0 Å². The lowest BCUT2D eigenvalue weighted by molar-refractivity contribution is -0.887. The van der Waals surface area contributed by atoms with Gasteiger partial charge in [-0.25, -0.2) is 4.79 Å². The zero-order valence-electron chi connectivity index (χ0n) is 36.6. The van der Waals surface area contributed by atoms with E-state index in [4.69, 9.17) is 14.2 Å². The van der Waals surface area contributed by atoms with E-state index in [1.54, 1.807) is 0 Å². The number of quaternary nitrogens is 1. The minimum absolute atomic E-state index is 0.0479. The van der Waals surface area contributed by atoms with Crippen LogP contribution in [0.25, 0.3) is 0 Å². The minimum atomic E-state index is -0.882. The molecule has 0 radical (unpaired) electrons. The van der Waals surface area contributed by atoms with Gasteiger partial charge in [0.1, 0.15) is 6.61 Å². The Balaban J connectivity index is 4.38. The van der Waals surface area contributed by atoms with Crippen LogP contribution in [0.2, 0.25) is 0 Å². The first-order valence-corrected chi connectivity index (χ1v) is 22.4. The summed E-state index contributed by atoms with van der Waals surface area (Å²) in [5.74, 6) is -1.51. The number of rotatable bonds is 39. The van der Waals surface area contributed by atoms with E-state index in [9.17, 15) is 19.5 Å². The Morgan fingerprint density at radius 3 is 1.54 bits per heavy atom. The Labute approximate surface area is 343 Å². The number of esters is 2. The van der Waals surface area contributed by atoms with Gasteiger partial charge in [-0.1, -0.05) is 158 Å². The molecule has 0 heterocycles. The second kappa shape index (κ2) is 38.9. The van der Waals surface area contributed by atoms with E-state index < -0.39 is 18.1 Å². The van der Waals surface area contributed by atoms with Gasteiger partial charge in [0.05, 0.1) is 34.4 Å². The third kappa shape index (κ3) is 36.7. The predicted molar refractivity (Wildman–Crippen MR) is 234 cm³/mol. The zero-order chi connectivity index (χ0) is 41.4. The van der Waals surface area contributed by atoms with E-state index in [0.717, 1.165) is 64.2 Å². The van der Waals surface area contributed by atoms with Crippen molar-refractivity contribution in [1.29, 1.82) is 0 Å². The molecule has 2 unspecified atom stereocenters. The van der Waals surface area contributed by atoms with E-state index >= 15 is 0 Å². The van der Waals surface area contributed by atoms with Crippen LogP contribution in [0.3, 0.4) is 0 Å². The lowest BCUT2D eigenvalue weighted by Crippen LogP contribution is -2.50. The van der Waals surface area contributed by atoms with Crippen LogP contribution in [-0.2, 0) is 28.6 Å². The number of ether oxygens (including phenoxy) is 3. The summed E-state index contributed by atoms with van der Waals surface area (Å²) in [4.78, 5) is 37.0. The number of nitrogens with zero attached hydrogens (tertiary/aromatic N) is 1. The molecule has 0 rings (SSSR count). The van der Waals surface area contributed by atoms with Gasteiger partial charge in [0.2, 0.25) is 0 Å². The van der Waals surface area contributed by atoms with Crippen LogP contribution in [0.5, 0.6) is 0 Å². The molecule has 0 aliphatic carbocycles. The number of carbonyl (C=O) groups excluding carboxylic acids is 2. The normalized spacial score (nSPS) is 13.5. The van der Waals surface area contributed by atoms with Crippen molar-refractivity contribution < 1.29 is 38.2 Å². The highest BCUT2D eigenvalue weighted by Gasteiger charge is 2.31. The van der Waals surface area contributed by atoms with Gasteiger partial charge in [-0.05, 0) is 57.8 Å². The predicted octanol–water partition coefficient (Wildman–Crippen LogP) is 12.2. The van der Waals surface area contributed by atoms with Crippen LogP contribution in [0.4, 0.5) is 0 Å². The Morgan fingerprint density at radius 1 is 0.554 bits per heavy atom. The Bertz CT molecular complexity index is 1100. The van der Waals surface area contributed by atoms with Crippen molar-refractivity contribution in [2.24, 2.45) is 0 Å². The standard InChI is InChI=1S/C48H83NO7/c1-6-8-10-12-14-16-18-20-22-23-25-26-28-30-32-34-36-38-46(50)55-43-44(42-54-41-40-45(48(52)53)49(3,4)5)56-47(51)39-37-35-33-31-29-27-24-21-19-17-15-13-11-9-7-2/h9,11,13,15,17,19-22,24,44-45H,6-8,10,12,14,16,18,23,25-43H2,1-5H3/p+1/b11-9+,15-13+,19-17+,22-20+,24-21+. The van der Waals surface area contributed by atoms with Crippen LogP contribution >= 0.6 is 0 Å². The largest absolute Gasteiger partial charge is 0.477 e. The number of carboxylic acid groups (broad SMARTS) is 1. The quantitative estimate of drug-likeness (QED) is 0.0218. The molecule has 0 spiro atoms. The highest BCUT2D eigenvalue weighted by molar-refractivity contribution is 5.72. The minimum Gasteiger partial charge on any atom is -0.477 e. The van der Waals surface area contributed by atoms with Crippen LogP contribution in [-0.4, -0.2) is 80.6 Å². The summed E-state index contributed by atoms with van der Waals surface area (Å²) in [6.45, 7) is 4.56. The number of aliphatic carboxylic acids is 1. The number of hydrogen-bond donors (Lipinski definition) is 1. The molecule has 8 nitrogen and oxygen atoms in total. The molecule has 0 fully saturated rings. The fraction of sp³-hybridized carbons (Fsp3) is 0.729. The summed E-state index contributed by atoms with van der Waals surface area (Å²) >= 11 is 0. The molecular weight excluding hydrogens is 703 g/mol. The summed E-state index contributed by atoms with van der Waals surface area (Å²) in [6.07, 6.45) is 46.9. The fourth-order valence-electron chi connectivity index (χ4n) is 6.27. The Morgan fingerprint density at radius 2 is 1.02 bits per heavy atom. The summed E-state index contributed by atoms with van der Waals surface area (Å²) < 4.78 is 17.3. The summed E-state index contributed by atoms with van der Waals surface area (Å²) in [7, 11) is 5.51. The second-order valence-corrected chi connectivity index (χ2v) is 16.0. The van der Waals surface area contributed by atoms with E-state index in [0.29, 0.717) is 19.3 Å². The van der Waals surface area contributed by atoms with E-state index in [1.807, 2.05) is 45.4 Å². The van der Waals surface area contributed by atoms with Crippen molar-refractivity contribution in [1.82, 2.24) is 0 Å². The Hall–Kier alpha value is -2.97. The molecule has 0 aromatic rings. The van der Waals surface area contributed by atoms with Crippen LogP contribution in [0, 0.1) is 0 Å². The maximum absolute atomic E-state index is 12.7. The van der Waals surface area contributed by atoms with Gasteiger partial charge in [0, 0.05) is 19.3 Å². The number of carboxylic acids is 1.